The van der Waals surface area contributed by atoms with Gasteiger partial charge in [-0.05, 0) is 44.0 Å². The van der Waals surface area contributed by atoms with Crippen LogP contribution in [0.25, 0.3) is 0 Å². The van der Waals surface area contributed by atoms with Crippen molar-refractivity contribution < 1.29 is 18.0 Å². The Labute approximate surface area is 174 Å². The van der Waals surface area contributed by atoms with E-state index in [9.17, 15) is 18.0 Å². The zero-order chi connectivity index (χ0) is 21.0. The SMILES string of the molecule is CC(=O)Nc1ccc(S(=O)(=O)N[C@@H](C)C(=O)N2CCCC(c3nccs3)C2)cc1. The second kappa shape index (κ2) is 9.02. The van der Waals surface area contributed by atoms with Gasteiger partial charge in [-0.1, -0.05) is 0 Å². The van der Waals surface area contributed by atoms with Crippen molar-refractivity contribution in [1.29, 1.82) is 0 Å². The summed E-state index contributed by atoms with van der Waals surface area (Å²) >= 11 is 1.58. The van der Waals surface area contributed by atoms with E-state index in [1.165, 1.54) is 31.2 Å². The summed E-state index contributed by atoms with van der Waals surface area (Å²) < 4.78 is 27.7. The second-order valence-electron chi connectivity index (χ2n) is 7.04. The number of piperidine rings is 1. The third kappa shape index (κ3) is 5.40. The van der Waals surface area contributed by atoms with Crippen LogP contribution in [-0.4, -0.2) is 49.2 Å². The first kappa shape index (κ1) is 21.4. The van der Waals surface area contributed by atoms with Gasteiger partial charge < -0.3 is 10.2 Å². The van der Waals surface area contributed by atoms with Gasteiger partial charge in [0.15, 0.2) is 0 Å². The summed E-state index contributed by atoms with van der Waals surface area (Å²) in [6, 6.07) is 4.91. The Morgan fingerprint density at radius 3 is 2.62 bits per heavy atom. The van der Waals surface area contributed by atoms with E-state index in [0.29, 0.717) is 18.8 Å². The highest BCUT2D eigenvalue weighted by Gasteiger charge is 2.30. The lowest BCUT2D eigenvalue weighted by Crippen LogP contribution is -2.49. The molecule has 2 heterocycles. The fourth-order valence-electron chi connectivity index (χ4n) is 3.36. The molecular formula is C19H24N4O4S2. The van der Waals surface area contributed by atoms with E-state index in [1.54, 1.807) is 29.4 Å². The molecule has 1 fully saturated rings. The van der Waals surface area contributed by atoms with E-state index >= 15 is 0 Å². The van der Waals surface area contributed by atoms with Crippen molar-refractivity contribution in [2.75, 3.05) is 18.4 Å². The summed E-state index contributed by atoms with van der Waals surface area (Å²) in [5, 5.41) is 5.51. The van der Waals surface area contributed by atoms with Crippen LogP contribution in [0.2, 0.25) is 0 Å². The average molecular weight is 437 g/mol. The summed E-state index contributed by atoms with van der Waals surface area (Å²) in [4.78, 5) is 30.0. The number of nitrogens with zero attached hydrogens (tertiary/aromatic N) is 2. The van der Waals surface area contributed by atoms with E-state index in [0.717, 1.165) is 17.8 Å². The normalized spacial score (nSPS) is 18.3. The van der Waals surface area contributed by atoms with Gasteiger partial charge in [0.25, 0.3) is 0 Å². The minimum absolute atomic E-state index is 0.0329. The Hall–Kier alpha value is -2.30. The number of amides is 2. The fourth-order valence-corrected chi connectivity index (χ4v) is 5.33. The van der Waals surface area contributed by atoms with Gasteiger partial charge in [0.2, 0.25) is 21.8 Å². The lowest BCUT2D eigenvalue weighted by atomic mass is 9.98. The van der Waals surface area contributed by atoms with E-state index < -0.39 is 16.1 Å². The topological polar surface area (TPSA) is 108 Å². The van der Waals surface area contributed by atoms with E-state index in [-0.39, 0.29) is 22.6 Å². The molecule has 1 aliphatic rings. The van der Waals surface area contributed by atoms with E-state index in [4.69, 9.17) is 0 Å². The third-order valence-electron chi connectivity index (χ3n) is 4.72. The van der Waals surface area contributed by atoms with Crippen molar-refractivity contribution in [3.8, 4) is 0 Å². The summed E-state index contributed by atoms with van der Waals surface area (Å²) in [7, 11) is -3.87. The number of thiazole rings is 1. The van der Waals surface area contributed by atoms with Crippen LogP contribution in [0.5, 0.6) is 0 Å². The number of hydrogen-bond donors (Lipinski definition) is 2. The predicted molar refractivity (Wildman–Crippen MR) is 111 cm³/mol. The van der Waals surface area contributed by atoms with Crippen molar-refractivity contribution in [3.05, 3.63) is 40.8 Å². The predicted octanol–water partition coefficient (Wildman–Crippen LogP) is 2.17. The number of carbonyl (C=O) groups is 2. The number of hydrogen-bond acceptors (Lipinski definition) is 6. The molecule has 1 aliphatic heterocycles. The molecular weight excluding hydrogens is 412 g/mol. The molecule has 156 valence electrons. The van der Waals surface area contributed by atoms with Gasteiger partial charge in [0.1, 0.15) is 0 Å². The molecule has 2 amide bonds. The highest BCUT2D eigenvalue weighted by atomic mass is 32.2. The van der Waals surface area contributed by atoms with Crippen LogP contribution in [0.15, 0.2) is 40.7 Å². The monoisotopic (exact) mass is 436 g/mol. The Bertz CT molecular complexity index is 959. The number of likely N-dealkylation sites (tertiary alicyclic amines) is 1. The lowest BCUT2D eigenvalue weighted by Gasteiger charge is -2.33. The van der Waals surface area contributed by atoms with Gasteiger partial charge in [-0.2, -0.15) is 4.72 Å². The van der Waals surface area contributed by atoms with Crippen molar-refractivity contribution in [2.45, 2.75) is 43.5 Å². The van der Waals surface area contributed by atoms with Crippen molar-refractivity contribution >= 4 is 38.9 Å². The maximum atomic E-state index is 12.8. The number of rotatable bonds is 6. The van der Waals surface area contributed by atoms with Crippen molar-refractivity contribution in [3.63, 3.8) is 0 Å². The molecule has 1 unspecified atom stereocenters. The van der Waals surface area contributed by atoms with Crippen molar-refractivity contribution in [2.24, 2.45) is 0 Å². The molecule has 29 heavy (non-hydrogen) atoms. The van der Waals surface area contributed by atoms with Crippen LogP contribution < -0.4 is 10.0 Å². The maximum absolute atomic E-state index is 12.8. The molecule has 0 spiro atoms. The van der Waals surface area contributed by atoms with Crippen LogP contribution >= 0.6 is 11.3 Å². The molecule has 10 heteroatoms. The van der Waals surface area contributed by atoms with Crippen LogP contribution in [0.3, 0.4) is 0 Å². The fraction of sp³-hybridized carbons (Fsp3) is 0.421. The summed E-state index contributed by atoms with van der Waals surface area (Å²) in [5.41, 5.74) is 0.502. The van der Waals surface area contributed by atoms with Gasteiger partial charge >= 0.3 is 0 Å². The number of nitrogens with one attached hydrogen (secondary N) is 2. The number of carbonyl (C=O) groups excluding carboxylic acids is 2. The molecule has 8 nitrogen and oxygen atoms in total. The Kier molecular flexibility index (Phi) is 6.66. The molecule has 0 saturated carbocycles. The first-order valence-electron chi connectivity index (χ1n) is 9.34. The smallest absolute Gasteiger partial charge is 0.241 e. The molecule has 2 aromatic rings. The maximum Gasteiger partial charge on any atom is 0.241 e. The molecule has 3 rings (SSSR count). The number of benzene rings is 1. The highest BCUT2D eigenvalue weighted by Crippen LogP contribution is 2.28. The lowest BCUT2D eigenvalue weighted by molar-refractivity contribution is -0.133. The van der Waals surface area contributed by atoms with Gasteiger partial charge in [0.05, 0.1) is 15.9 Å². The third-order valence-corrected chi connectivity index (χ3v) is 7.22. The number of anilines is 1. The summed E-state index contributed by atoms with van der Waals surface area (Å²) in [6.45, 7) is 4.08. The van der Waals surface area contributed by atoms with E-state index in [2.05, 4.69) is 15.0 Å². The number of aromatic nitrogens is 1. The highest BCUT2D eigenvalue weighted by molar-refractivity contribution is 7.89. The van der Waals surface area contributed by atoms with Crippen LogP contribution in [0.4, 0.5) is 5.69 Å². The molecule has 2 N–H and O–H groups in total. The zero-order valence-electron chi connectivity index (χ0n) is 16.3. The average Bonchev–Trinajstić information content (AvgIpc) is 3.22. The Morgan fingerprint density at radius 2 is 2.00 bits per heavy atom. The molecule has 2 atom stereocenters. The largest absolute Gasteiger partial charge is 0.341 e. The summed E-state index contributed by atoms with van der Waals surface area (Å²) in [5.74, 6) is -0.293. The Morgan fingerprint density at radius 1 is 1.28 bits per heavy atom. The minimum Gasteiger partial charge on any atom is -0.341 e. The van der Waals surface area contributed by atoms with Crippen LogP contribution in [0, 0.1) is 0 Å². The van der Waals surface area contributed by atoms with Gasteiger partial charge in [-0.3, -0.25) is 9.59 Å². The first-order valence-corrected chi connectivity index (χ1v) is 11.7. The molecule has 0 radical (unpaired) electrons. The Balaban J connectivity index is 1.64. The van der Waals surface area contributed by atoms with Crippen molar-refractivity contribution in [1.82, 2.24) is 14.6 Å². The van der Waals surface area contributed by atoms with Gasteiger partial charge in [0, 0.05) is 43.2 Å². The summed E-state index contributed by atoms with van der Waals surface area (Å²) in [6.07, 6.45) is 3.59. The first-order chi connectivity index (χ1) is 13.8. The minimum atomic E-state index is -3.87. The van der Waals surface area contributed by atoms with Crippen LogP contribution in [0.1, 0.15) is 37.6 Å². The molecule has 0 bridgehead atoms. The standard InChI is InChI=1S/C19H24N4O4S2/c1-13(19(25)23-10-3-4-15(12-23)18-20-9-11-28-18)22-29(26,27)17-7-5-16(6-8-17)21-14(2)24/h5-9,11,13,15,22H,3-4,10,12H2,1-2H3,(H,21,24)/t13-,15?/m0/s1. The van der Waals surface area contributed by atoms with Gasteiger partial charge in [-0.25, -0.2) is 13.4 Å². The van der Waals surface area contributed by atoms with Crippen LogP contribution in [-0.2, 0) is 19.6 Å². The quantitative estimate of drug-likeness (QED) is 0.721. The second-order valence-corrected chi connectivity index (χ2v) is 9.68. The zero-order valence-corrected chi connectivity index (χ0v) is 17.9. The molecule has 1 aromatic carbocycles. The van der Waals surface area contributed by atoms with E-state index in [1.807, 2.05) is 5.38 Å². The number of sulfonamides is 1. The molecule has 0 aliphatic carbocycles. The van der Waals surface area contributed by atoms with Gasteiger partial charge in [-0.15, -0.1) is 11.3 Å². The molecule has 1 aromatic heterocycles. The molecule has 1 saturated heterocycles.